The maximum absolute atomic E-state index is 13.2. The van der Waals surface area contributed by atoms with Crippen molar-refractivity contribution in [3.05, 3.63) is 65.9 Å². The number of fused-ring (bicyclic) bond motifs is 2. The molecule has 27 heavy (non-hydrogen) atoms. The lowest BCUT2D eigenvalue weighted by atomic mass is 10.0. The van der Waals surface area contributed by atoms with Crippen molar-refractivity contribution < 1.29 is 13.2 Å². The first kappa shape index (κ1) is 17.6. The van der Waals surface area contributed by atoms with E-state index >= 15 is 0 Å². The minimum atomic E-state index is -4.47. The number of benzene rings is 2. The van der Waals surface area contributed by atoms with Gasteiger partial charge >= 0.3 is 6.18 Å². The second-order valence-electron chi connectivity index (χ2n) is 6.72. The SMILES string of the molecule is FC(F)(F)c1cc2ccccc2c(NCCN2CCCc3ccccc32)n1. The maximum atomic E-state index is 13.2. The highest BCUT2D eigenvalue weighted by molar-refractivity contribution is 5.92. The third kappa shape index (κ3) is 3.70. The lowest BCUT2D eigenvalue weighted by molar-refractivity contribution is -0.140. The van der Waals surface area contributed by atoms with E-state index in [0.717, 1.165) is 25.5 Å². The first-order chi connectivity index (χ1) is 13.0. The number of aromatic nitrogens is 1. The van der Waals surface area contributed by atoms with E-state index in [1.54, 1.807) is 18.2 Å². The predicted molar refractivity (Wildman–Crippen MR) is 102 cm³/mol. The minimum absolute atomic E-state index is 0.283. The average Bonchev–Trinajstić information content (AvgIpc) is 2.67. The monoisotopic (exact) mass is 371 g/mol. The van der Waals surface area contributed by atoms with E-state index in [-0.39, 0.29) is 5.82 Å². The fraction of sp³-hybridized carbons (Fsp3) is 0.286. The first-order valence-electron chi connectivity index (χ1n) is 9.06. The van der Waals surface area contributed by atoms with Crippen molar-refractivity contribution in [3.8, 4) is 0 Å². The summed E-state index contributed by atoms with van der Waals surface area (Å²) in [4.78, 5) is 6.12. The molecule has 6 heteroatoms. The molecular weight excluding hydrogens is 351 g/mol. The highest BCUT2D eigenvalue weighted by Crippen LogP contribution is 2.32. The van der Waals surface area contributed by atoms with Crippen LogP contribution in [0.5, 0.6) is 0 Å². The number of hydrogen-bond donors (Lipinski definition) is 1. The summed E-state index contributed by atoms with van der Waals surface area (Å²) in [5.74, 6) is 0.283. The molecule has 0 aliphatic carbocycles. The van der Waals surface area contributed by atoms with Crippen LogP contribution < -0.4 is 10.2 Å². The molecule has 0 saturated heterocycles. The lowest BCUT2D eigenvalue weighted by Gasteiger charge is -2.31. The van der Waals surface area contributed by atoms with Crippen molar-refractivity contribution >= 4 is 22.3 Å². The van der Waals surface area contributed by atoms with Crippen molar-refractivity contribution in [2.24, 2.45) is 0 Å². The molecule has 1 aliphatic heterocycles. The normalized spacial score (nSPS) is 14.3. The van der Waals surface area contributed by atoms with Gasteiger partial charge in [-0.05, 0) is 35.9 Å². The van der Waals surface area contributed by atoms with Gasteiger partial charge in [-0.15, -0.1) is 0 Å². The second kappa shape index (κ2) is 7.10. The van der Waals surface area contributed by atoms with E-state index in [0.29, 0.717) is 23.9 Å². The molecule has 1 aromatic heterocycles. The molecule has 0 radical (unpaired) electrons. The standard InChI is InChI=1S/C21H20F3N3/c22-21(23,24)19-14-16-7-1-3-9-17(16)20(26-19)25-11-13-27-12-5-8-15-6-2-4-10-18(15)27/h1-4,6-7,9-10,14H,5,8,11-13H2,(H,25,26). The Bertz CT molecular complexity index is 953. The van der Waals surface area contributed by atoms with Crippen LogP contribution in [-0.4, -0.2) is 24.6 Å². The Morgan fingerprint density at radius 1 is 1.04 bits per heavy atom. The van der Waals surface area contributed by atoms with Crippen LogP contribution >= 0.6 is 0 Å². The molecule has 0 unspecified atom stereocenters. The summed E-state index contributed by atoms with van der Waals surface area (Å²) in [7, 11) is 0. The number of nitrogens with one attached hydrogen (secondary N) is 1. The van der Waals surface area contributed by atoms with E-state index in [4.69, 9.17) is 0 Å². The van der Waals surface area contributed by atoms with Gasteiger partial charge in [-0.2, -0.15) is 13.2 Å². The van der Waals surface area contributed by atoms with Gasteiger partial charge in [0.1, 0.15) is 11.5 Å². The number of aryl methyl sites for hydroxylation is 1. The Kier molecular flexibility index (Phi) is 4.64. The molecule has 0 saturated carbocycles. The molecule has 140 valence electrons. The molecule has 1 N–H and O–H groups in total. The van der Waals surface area contributed by atoms with Gasteiger partial charge in [0.2, 0.25) is 0 Å². The summed E-state index contributed by atoms with van der Waals surface area (Å²) >= 11 is 0. The zero-order chi connectivity index (χ0) is 18.9. The number of para-hydroxylation sites is 1. The van der Waals surface area contributed by atoms with E-state index in [1.807, 2.05) is 18.2 Å². The molecule has 4 rings (SSSR count). The highest BCUT2D eigenvalue weighted by Gasteiger charge is 2.33. The number of nitrogens with zero attached hydrogens (tertiary/aromatic N) is 2. The van der Waals surface area contributed by atoms with Crippen LogP contribution in [0.15, 0.2) is 54.6 Å². The topological polar surface area (TPSA) is 28.2 Å². The van der Waals surface area contributed by atoms with Gasteiger partial charge < -0.3 is 10.2 Å². The highest BCUT2D eigenvalue weighted by atomic mass is 19.4. The molecule has 0 spiro atoms. The van der Waals surface area contributed by atoms with E-state index in [9.17, 15) is 13.2 Å². The number of rotatable bonds is 4. The van der Waals surface area contributed by atoms with Gasteiger partial charge in [0.25, 0.3) is 0 Å². The van der Waals surface area contributed by atoms with Crippen molar-refractivity contribution in [3.63, 3.8) is 0 Å². The molecule has 1 aliphatic rings. The molecule has 0 bridgehead atoms. The van der Waals surface area contributed by atoms with Crippen LogP contribution in [0.4, 0.5) is 24.7 Å². The van der Waals surface area contributed by atoms with E-state index in [2.05, 4.69) is 27.3 Å². The zero-order valence-corrected chi connectivity index (χ0v) is 14.8. The summed E-state index contributed by atoms with van der Waals surface area (Å²) in [5, 5.41) is 4.36. The molecule has 0 atom stereocenters. The second-order valence-corrected chi connectivity index (χ2v) is 6.72. The molecule has 3 aromatic rings. The largest absolute Gasteiger partial charge is 0.433 e. The van der Waals surface area contributed by atoms with Crippen molar-refractivity contribution in [2.75, 3.05) is 29.9 Å². The average molecular weight is 371 g/mol. The van der Waals surface area contributed by atoms with Crippen molar-refractivity contribution in [2.45, 2.75) is 19.0 Å². The van der Waals surface area contributed by atoms with Crippen LogP contribution in [-0.2, 0) is 12.6 Å². The Morgan fingerprint density at radius 2 is 1.81 bits per heavy atom. The molecular formula is C21H20F3N3. The van der Waals surface area contributed by atoms with Gasteiger partial charge in [-0.25, -0.2) is 4.98 Å². The van der Waals surface area contributed by atoms with Gasteiger partial charge in [-0.3, -0.25) is 0 Å². The molecule has 2 aromatic carbocycles. The van der Waals surface area contributed by atoms with Crippen LogP contribution in [0.2, 0.25) is 0 Å². The summed E-state index contributed by atoms with van der Waals surface area (Å²) in [6.07, 6.45) is -2.31. The van der Waals surface area contributed by atoms with E-state index in [1.165, 1.54) is 11.3 Å². The molecule has 2 heterocycles. The lowest BCUT2D eigenvalue weighted by Crippen LogP contribution is -2.33. The Balaban J connectivity index is 1.54. The van der Waals surface area contributed by atoms with Crippen LogP contribution in [0.1, 0.15) is 17.7 Å². The third-order valence-corrected chi connectivity index (χ3v) is 4.91. The van der Waals surface area contributed by atoms with Crippen LogP contribution in [0, 0.1) is 0 Å². The van der Waals surface area contributed by atoms with Crippen molar-refractivity contribution in [1.82, 2.24) is 4.98 Å². The van der Waals surface area contributed by atoms with Crippen LogP contribution in [0.25, 0.3) is 10.8 Å². The number of alkyl halides is 3. The number of anilines is 2. The first-order valence-corrected chi connectivity index (χ1v) is 9.06. The fourth-order valence-corrected chi connectivity index (χ4v) is 3.63. The summed E-state index contributed by atoms with van der Waals surface area (Å²) in [6, 6.07) is 16.4. The van der Waals surface area contributed by atoms with Crippen molar-refractivity contribution in [1.29, 1.82) is 0 Å². The van der Waals surface area contributed by atoms with Crippen LogP contribution in [0.3, 0.4) is 0 Å². The summed E-state index contributed by atoms with van der Waals surface area (Å²) in [6.45, 7) is 2.19. The molecule has 0 amide bonds. The third-order valence-electron chi connectivity index (χ3n) is 4.91. The Hall–Kier alpha value is -2.76. The summed E-state index contributed by atoms with van der Waals surface area (Å²) < 4.78 is 39.5. The smallest absolute Gasteiger partial charge is 0.370 e. The zero-order valence-electron chi connectivity index (χ0n) is 14.8. The fourth-order valence-electron chi connectivity index (χ4n) is 3.63. The minimum Gasteiger partial charge on any atom is -0.370 e. The quantitative estimate of drug-likeness (QED) is 0.690. The van der Waals surface area contributed by atoms with Gasteiger partial charge in [0.05, 0.1) is 0 Å². The number of hydrogen-bond acceptors (Lipinski definition) is 3. The predicted octanol–water partition coefficient (Wildman–Crippen LogP) is 5.12. The molecule has 0 fully saturated rings. The molecule has 3 nitrogen and oxygen atoms in total. The number of halogens is 3. The summed E-state index contributed by atoms with van der Waals surface area (Å²) in [5.41, 5.74) is 1.67. The Morgan fingerprint density at radius 3 is 2.67 bits per heavy atom. The Labute approximate surface area is 155 Å². The van der Waals surface area contributed by atoms with Gasteiger partial charge in [0.15, 0.2) is 0 Å². The van der Waals surface area contributed by atoms with Gasteiger partial charge in [0, 0.05) is 30.7 Å². The maximum Gasteiger partial charge on any atom is 0.433 e. The number of pyridine rings is 1. The van der Waals surface area contributed by atoms with E-state index < -0.39 is 11.9 Å². The van der Waals surface area contributed by atoms with Gasteiger partial charge in [-0.1, -0.05) is 42.5 Å².